The molecule has 0 bridgehead atoms. The van der Waals surface area contributed by atoms with E-state index in [1.807, 2.05) is 43.4 Å². The summed E-state index contributed by atoms with van der Waals surface area (Å²) < 4.78 is 5.12. The van der Waals surface area contributed by atoms with Crippen LogP contribution in [0.25, 0.3) is 0 Å². The van der Waals surface area contributed by atoms with Crippen LogP contribution >= 0.6 is 0 Å². The summed E-state index contributed by atoms with van der Waals surface area (Å²) in [6, 6.07) is 11.5. The number of amides is 1. The quantitative estimate of drug-likeness (QED) is 0.877. The summed E-state index contributed by atoms with van der Waals surface area (Å²) in [6.07, 6.45) is 2.99. The second-order valence-electron chi connectivity index (χ2n) is 4.25. The molecule has 1 aromatic carbocycles. The molecule has 0 aliphatic carbocycles. The summed E-state index contributed by atoms with van der Waals surface area (Å²) in [5.41, 5.74) is 2.77. The third kappa shape index (κ3) is 4.28. The van der Waals surface area contributed by atoms with Crippen molar-refractivity contribution >= 4 is 11.8 Å². The number of ether oxygens (including phenoxy) is 1. The van der Waals surface area contributed by atoms with E-state index in [-0.39, 0.29) is 6.61 Å². The number of carbonyl (C=O) groups excluding carboxylic acids is 1. The van der Waals surface area contributed by atoms with Crippen molar-refractivity contribution in [1.82, 2.24) is 10.3 Å². The van der Waals surface area contributed by atoms with Gasteiger partial charge in [-0.3, -0.25) is 4.98 Å². The Balaban J connectivity index is 1.77. The maximum atomic E-state index is 11.6. The molecule has 1 aromatic heterocycles. The standard InChI is InChI=1S/C15H17N3O2/c1-16-14-7-13(8-17-10-14)9-18-15(19)20-11-12-5-3-2-4-6-12/h2-8,10,16H,9,11H2,1H3,(H,18,19). The molecule has 1 amide bonds. The minimum atomic E-state index is -0.441. The van der Waals surface area contributed by atoms with Gasteiger partial charge in [0, 0.05) is 26.0 Å². The van der Waals surface area contributed by atoms with Crippen LogP contribution in [0, 0.1) is 0 Å². The lowest BCUT2D eigenvalue weighted by atomic mass is 10.2. The van der Waals surface area contributed by atoms with Crippen LogP contribution in [-0.4, -0.2) is 18.1 Å². The van der Waals surface area contributed by atoms with Gasteiger partial charge in [-0.15, -0.1) is 0 Å². The highest BCUT2D eigenvalue weighted by molar-refractivity contribution is 5.67. The third-order valence-corrected chi connectivity index (χ3v) is 2.73. The maximum Gasteiger partial charge on any atom is 0.407 e. The van der Waals surface area contributed by atoms with Crippen LogP contribution in [0.1, 0.15) is 11.1 Å². The number of benzene rings is 1. The van der Waals surface area contributed by atoms with E-state index in [2.05, 4.69) is 15.6 Å². The normalized spacial score (nSPS) is 9.85. The molecule has 5 heteroatoms. The van der Waals surface area contributed by atoms with E-state index in [1.54, 1.807) is 12.4 Å². The van der Waals surface area contributed by atoms with Gasteiger partial charge in [0.2, 0.25) is 0 Å². The van der Waals surface area contributed by atoms with Gasteiger partial charge in [-0.25, -0.2) is 4.79 Å². The maximum absolute atomic E-state index is 11.6. The number of nitrogens with zero attached hydrogens (tertiary/aromatic N) is 1. The second kappa shape index (κ2) is 7.13. The molecule has 2 N–H and O–H groups in total. The highest BCUT2D eigenvalue weighted by Crippen LogP contribution is 2.07. The number of carbonyl (C=O) groups is 1. The Morgan fingerprint density at radius 3 is 2.75 bits per heavy atom. The fraction of sp³-hybridized carbons (Fsp3) is 0.200. The molecule has 0 saturated carbocycles. The van der Waals surface area contributed by atoms with Gasteiger partial charge >= 0.3 is 6.09 Å². The predicted molar refractivity (Wildman–Crippen MR) is 77.3 cm³/mol. The Morgan fingerprint density at radius 2 is 2.00 bits per heavy atom. The van der Waals surface area contributed by atoms with Gasteiger partial charge in [0.1, 0.15) is 6.61 Å². The molecule has 0 spiro atoms. The van der Waals surface area contributed by atoms with Crippen molar-refractivity contribution in [2.45, 2.75) is 13.2 Å². The lowest BCUT2D eigenvalue weighted by molar-refractivity contribution is 0.139. The molecular formula is C15H17N3O2. The van der Waals surface area contributed by atoms with Crippen molar-refractivity contribution in [2.24, 2.45) is 0 Å². The zero-order chi connectivity index (χ0) is 14.2. The first-order valence-corrected chi connectivity index (χ1v) is 6.34. The average Bonchev–Trinajstić information content (AvgIpc) is 2.52. The lowest BCUT2D eigenvalue weighted by Crippen LogP contribution is -2.23. The minimum Gasteiger partial charge on any atom is -0.445 e. The largest absolute Gasteiger partial charge is 0.445 e. The number of pyridine rings is 1. The molecular weight excluding hydrogens is 254 g/mol. The van der Waals surface area contributed by atoms with Crippen LogP contribution in [0.2, 0.25) is 0 Å². The van der Waals surface area contributed by atoms with E-state index in [0.29, 0.717) is 6.54 Å². The molecule has 0 radical (unpaired) electrons. The smallest absolute Gasteiger partial charge is 0.407 e. The van der Waals surface area contributed by atoms with Gasteiger partial charge in [-0.1, -0.05) is 30.3 Å². The van der Waals surface area contributed by atoms with Crippen molar-refractivity contribution in [3.8, 4) is 0 Å². The molecule has 0 saturated heterocycles. The van der Waals surface area contributed by atoms with Gasteiger partial charge in [0.25, 0.3) is 0 Å². The van der Waals surface area contributed by atoms with Crippen molar-refractivity contribution in [3.63, 3.8) is 0 Å². The van der Waals surface area contributed by atoms with Crippen molar-refractivity contribution < 1.29 is 9.53 Å². The first-order valence-electron chi connectivity index (χ1n) is 6.34. The molecule has 0 aliphatic heterocycles. The molecule has 5 nitrogen and oxygen atoms in total. The summed E-state index contributed by atoms with van der Waals surface area (Å²) in [6.45, 7) is 0.650. The topological polar surface area (TPSA) is 63.2 Å². The van der Waals surface area contributed by atoms with E-state index >= 15 is 0 Å². The Labute approximate surface area is 118 Å². The number of nitrogens with one attached hydrogen (secondary N) is 2. The second-order valence-corrected chi connectivity index (χ2v) is 4.25. The third-order valence-electron chi connectivity index (χ3n) is 2.73. The number of rotatable bonds is 5. The van der Waals surface area contributed by atoms with E-state index < -0.39 is 6.09 Å². The van der Waals surface area contributed by atoms with Crippen molar-refractivity contribution in [2.75, 3.05) is 12.4 Å². The zero-order valence-electron chi connectivity index (χ0n) is 11.3. The molecule has 1 heterocycles. The molecule has 2 aromatic rings. The summed E-state index contributed by atoms with van der Waals surface area (Å²) in [5, 5.41) is 5.69. The van der Waals surface area contributed by atoms with E-state index in [0.717, 1.165) is 16.8 Å². The minimum absolute atomic E-state index is 0.265. The molecule has 0 unspecified atom stereocenters. The van der Waals surface area contributed by atoms with Crippen LogP contribution < -0.4 is 10.6 Å². The Kier molecular flexibility index (Phi) is 4.94. The number of hydrogen-bond acceptors (Lipinski definition) is 4. The van der Waals surface area contributed by atoms with Crippen molar-refractivity contribution in [3.05, 3.63) is 59.9 Å². The number of aromatic nitrogens is 1. The lowest BCUT2D eigenvalue weighted by Gasteiger charge is -2.08. The Morgan fingerprint density at radius 1 is 1.20 bits per heavy atom. The summed E-state index contributed by atoms with van der Waals surface area (Å²) in [7, 11) is 1.82. The Hall–Kier alpha value is -2.56. The van der Waals surface area contributed by atoms with E-state index in [9.17, 15) is 4.79 Å². The van der Waals surface area contributed by atoms with Gasteiger partial charge in [0.05, 0.1) is 5.69 Å². The molecule has 20 heavy (non-hydrogen) atoms. The van der Waals surface area contributed by atoms with Gasteiger partial charge in [-0.05, 0) is 17.2 Å². The number of anilines is 1. The molecule has 0 aliphatic rings. The monoisotopic (exact) mass is 271 g/mol. The fourth-order valence-electron chi connectivity index (χ4n) is 1.67. The molecule has 2 rings (SSSR count). The van der Waals surface area contributed by atoms with Crippen LogP contribution in [0.4, 0.5) is 10.5 Å². The predicted octanol–water partition coefficient (Wildman–Crippen LogP) is 2.55. The molecule has 0 atom stereocenters. The van der Waals surface area contributed by atoms with Gasteiger partial charge < -0.3 is 15.4 Å². The summed E-state index contributed by atoms with van der Waals surface area (Å²) in [5.74, 6) is 0. The van der Waals surface area contributed by atoms with Gasteiger partial charge in [-0.2, -0.15) is 0 Å². The average molecular weight is 271 g/mol. The van der Waals surface area contributed by atoms with Crippen LogP contribution in [0.3, 0.4) is 0 Å². The van der Waals surface area contributed by atoms with Crippen LogP contribution in [0.5, 0.6) is 0 Å². The van der Waals surface area contributed by atoms with E-state index in [1.165, 1.54) is 0 Å². The molecule has 0 fully saturated rings. The van der Waals surface area contributed by atoms with Crippen molar-refractivity contribution in [1.29, 1.82) is 0 Å². The highest BCUT2D eigenvalue weighted by atomic mass is 16.5. The Bertz CT molecular complexity index is 558. The number of alkyl carbamates (subject to hydrolysis) is 1. The fourth-order valence-corrected chi connectivity index (χ4v) is 1.67. The highest BCUT2D eigenvalue weighted by Gasteiger charge is 2.03. The number of hydrogen-bond donors (Lipinski definition) is 2. The SMILES string of the molecule is CNc1cncc(CNC(=O)OCc2ccccc2)c1. The van der Waals surface area contributed by atoms with E-state index in [4.69, 9.17) is 4.74 Å². The zero-order valence-corrected chi connectivity index (χ0v) is 11.3. The van der Waals surface area contributed by atoms with Crippen LogP contribution in [-0.2, 0) is 17.9 Å². The first-order chi connectivity index (χ1) is 9.78. The summed E-state index contributed by atoms with van der Waals surface area (Å²) in [4.78, 5) is 15.6. The summed E-state index contributed by atoms with van der Waals surface area (Å²) >= 11 is 0. The first kappa shape index (κ1) is 13.9. The van der Waals surface area contributed by atoms with Crippen LogP contribution in [0.15, 0.2) is 48.8 Å². The van der Waals surface area contributed by atoms with Gasteiger partial charge in [0.15, 0.2) is 0 Å². The molecule has 104 valence electrons.